The number of sulfonamides is 1. The van der Waals surface area contributed by atoms with Gasteiger partial charge in [-0.1, -0.05) is 11.6 Å². The molecule has 0 saturated carbocycles. The Morgan fingerprint density at radius 3 is 2.70 bits per heavy atom. The summed E-state index contributed by atoms with van der Waals surface area (Å²) >= 11 is 6.13. The summed E-state index contributed by atoms with van der Waals surface area (Å²) in [7, 11) is -4.08. The smallest absolute Gasteiger partial charge is 0.323 e. The fourth-order valence-corrected chi connectivity index (χ4v) is 4.07. The first-order valence-corrected chi connectivity index (χ1v) is 7.99. The van der Waals surface area contributed by atoms with Crippen molar-refractivity contribution in [3.05, 3.63) is 20.5 Å². The Hall–Kier alpha value is -1.23. The van der Waals surface area contributed by atoms with Gasteiger partial charge in [0.15, 0.2) is 4.34 Å². The van der Waals surface area contributed by atoms with Crippen LogP contribution < -0.4 is 4.72 Å². The zero-order chi connectivity index (χ0) is 15.5. The highest BCUT2D eigenvalue weighted by molar-refractivity contribution is 7.91. The number of hydrogen-bond acceptors (Lipinski definition) is 7. The van der Waals surface area contributed by atoms with Gasteiger partial charge in [0.1, 0.15) is 10.3 Å². The molecule has 20 heavy (non-hydrogen) atoms. The summed E-state index contributed by atoms with van der Waals surface area (Å²) in [6.07, 6.45) is 0. The third-order valence-corrected chi connectivity index (χ3v) is 5.43. The second-order valence-electron chi connectivity index (χ2n) is 3.58. The zero-order valence-electron chi connectivity index (χ0n) is 10.5. The van der Waals surface area contributed by atoms with Crippen molar-refractivity contribution >= 4 is 44.6 Å². The summed E-state index contributed by atoms with van der Waals surface area (Å²) in [5.41, 5.74) is -0.499. The van der Waals surface area contributed by atoms with Gasteiger partial charge in [0.2, 0.25) is 0 Å². The fourth-order valence-electron chi connectivity index (χ4n) is 1.20. The van der Waals surface area contributed by atoms with E-state index in [9.17, 15) is 23.3 Å². The molecule has 1 rings (SSSR count). The van der Waals surface area contributed by atoms with Crippen LogP contribution in [-0.2, 0) is 19.6 Å². The van der Waals surface area contributed by atoms with Crippen molar-refractivity contribution in [1.82, 2.24) is 4.72 Å². The first-order valence-electron chi connectivity index (χ1n) is 5.31. The molecule has 0 amide bonds. The Kier molecular flexibility index (Phi) is 5.45. The Morgan fingerprint density at radius 2 is 2.25 bits per heavy atom. The molecule has 8 nitrogen and oxygen atoms in total. The number of carbonyl (C=O) groups excluding carboxylic acids is 1. The molecule has 0 aliphatic rings. The van der Waals surface area contributed by atoms with E-state index in [0.717, 1.165) is 6.07 Å². The number of hydrogen-bond donors (Lipinski definition) is 1. The molecule has 0 aromatic carbocycles. The second kappa shape index (κ2) is 6.48. The van der Waals surface area contributed by atoms with Crippen molar-refractivity contribution < 1.29 is 22.9 Å². The highest BCUT2D eigenvalue weighted by Crippen LogP contribution is 2.36. The van der Waals surface area contributed by atoms with Gasteiger partial charge in [-0.2, -0.15) is 4.72 Å². The molecule has 0 spiro atoms. The van der Waals surface area contributed by atoms with Crippen LogP contribution in [0.1, 0.15) is 13.8 Å². The van der Waals surface area contributed by atoms with Gasteiger partial charge < -0.3 is 4.74 Å². The predicted molar refractivity (Wildman–Crippen MR) is 72.4 cm³/mol. The topological polar surface area (TPSA) is 116 Å². The van der Waals surface area contributed by atoms with E-state index < -0.39 is 32.6 Å². The maximum absolute atomic E-state index is 11.9. The van der Waals surface area contributed by atoms with E-state index >= 15 is 0 Å². The highest BCUT2D eigenvalue weighted by atomic mass is 35.5. The minimum atomic E-state index is -4.08. The fraction of sp³-hybridized carbons (Fsp3) is 0.444. The molecule has 1 aromatic heterocycles. The maximum Gasteiger partial charge on any atom is 0.323 e. The average Bonchev–Trinajstić information content (AvgIpc) is 2.72. The lowest BCUT2D eigenvalue weighted by atomic mass is 10.4. The lowest BCUT2D eigenvalue weighted by Gasteiger charge is -2.11. The van der Waals surface area contributed by atoms with Crippen LogP contribution in [0, 0.1) is 10.1 Å². The molecular formula is C9H11ClN2O6S2. The van der Waals surface area contributed by atoms with Crippen molar-refractivity contribution in [2.45, 2.75) is 24.1 Å². The van der Waals surface area contributed by atoms with Gasteiger partial charge in [-0.05, 0) is 13.8 Å². The number of halogens is 1. The number of thiophene rings is 1. The first-order chi connectivity index (χ1) is 9.19. The Balaban J connectivity index is 2.97. The molecule has 0 fully saturated rings. The Labute approximate surface area is 123 Å². The van der Waals surface area contributed by atoms with E-state index in [4.69, 9.17) is 11.6 Å². The normalized spacial score (nSPS) is 12.9. The van der Waals surface area contributed by atoms with Crippen LogP contribution in [0.3, 0.4) is 0 Å². The third kappa shape index (κ3) is 3.88. The Bertz CT molecular complexity index is 626. The number of rotatable bonds is 6. The second-order valence-corrected chi connectivity index (χ2v) is 7.17. The molecule has 1 N–H and O–H groups in total. The molecule has 1 atom stereocenters. The van der Waals surface area contributed by atoms with Gasteiger partial charge in [0.25, 0.3) is 15.7 Å². The van der Waals surface area contributed by atoms with E-state index in [2.05, 4.69) is 9.46 Å². The SMILES string of the molecule is CCOC(=O)C(C)NS(=O)(=O)c1cc([N+](=O)[O-])c(Cl)s1. The van der Waals surface area contributed by atoms with Gasteiger partial charge >= 0.3 is 5.97 Å². The summed E-state index contributed by atoms with van der Waals surface area (Å²) in [5.74, 6) is -0.742. The molecule has 11 heteroatoms. The number of esters is 1. The van der Waals surface area contributed by atoms with Crippen molar-refractivity contribution in [3.8, 4) is 0 Å². The Morgan fingerprint density at radius 1 is 1.65 bits per heavy atom. The van der Waals surface area contributed by atoms with Crippen LogP contribution in [0.25, 0.3) is 0 Å². The van der Waals surface area contributed by atoms with E-state index in [0.29, 0.717) is 11.3 Å². The lowest BCUT2D eigenvalue weighted by Crippen LogP contribution is -2.39. The molecule has 0 radical (unpaired) electrons. The predicted octanol–water partition coefficient (Wildman–Crippen LogP) is 1.54. The van der Waals surface area contributed by atoms with Crippen LogP contribution in [0.5, 0.6) is 0 Å². The average molecular weight is 343 g/mol. The van der Waals surface area contributed by atoms with Gasteiger partial charge in [-0.3, -0.25) is 14.9 Å². The number of carbonyl (C=O) groups is 1. The first kappa shape index (κ1) is 16.8. The van der Waals surface area contributed by atoms with Gasteiger partial charge in [0, 0.05) is 6.07 Å². The lowest BCUT2D eigenvalue weighted by molar-refractivity contribution is -0.384. The monoisotopic (exact) mass is 342 g/mol. The minimum Gasteiger partial charge on any atom is -0.465 e. The van der Waals surface area contributed by atoms with Crippen molar-refractivity contribution in [1.29, 1.82) is 0 Å². The van der Waals surface area contributed by atoms with Gasteiger partial charge in [0.05, 0.1) is 11.5 Å². The molecule has 0 bridgehead atoms. The molecule has 1 heterocycles. The van der Waals surface area contributed by atoms with E-state index in [1.165, 1.54) is 6.92 Å². The zero-order valence-corrected chi connectivity index (χ0v) is 12.8. The summed E-state index contributed by atoms with van der Waals surface area (Å²) in [4.78, 5) is 21.2. The quantitative estimate of drug-likeness (QED) is 0.476. The number of nitrogens with one attached hydrogen (secondary N) is 1. The van der Waals surface area contributed by atoms with Crippen molar-refractivity contribution in [2.75, 3.05) is 6.61 Å². The number of ether oxygens (including phenoxy) is 1. The number of nitro groups is 1. The van der Waals surface area contributed by atoms with Crippen molar-refractivity contribution in [3.63, 3.8) is 0 Å². The summed E-state index contributed by atoms with van der Waals surface area (Å²) < 4.78 is 30.0. The largest absolute Gasteiger partial charge is 0.465 e. The number of nitrogens with zero attached hydrogens (tertiary/aromatic N) is 1. The van der Waals surface area contributed by atoms with Crippen LogP contribution in [0.2, 0.25) is 4.34 Å². The van der Waals surface area contributed by atoms with Crippen LogP contribution in [0.4, 0.5) is 5.69 Å². The molecule has 1 aromatic rings. The summed E-state index contributed by atoms with van der Waals surface area (Å²) in [5, 5.41) is 10.6. The minimum absolute atomic E-state index is 0.112. The van der Waals surface area contributed by atoms with E-state index in [1.54, 1.807) is 6.92 Å². The highest BCUT2D eigenvalue weighted by Gasteiger charge is 2.28. The molecule has 0 aliphatic carbocycles. The van der Waals surface area contributed by atoms with Crippen molar-refractivity contribution in [2.24, 2.45) is 0 Å². The van der Waals surface area contributed by atoms with E-state index in [1.807, 2.05) is 0 Å². The molecule has 0 aliphatic heterocycles. The molecule has 1 unspecified atom stereocenters. The van der Waals surface area contributed by atoms with E-state index in [-0.39, 0.29) is 15.2 Å². The van der Waals surface area contributed by atoms with Crippen LogP contribution >= 0.6 is 22.9 Å². The summed E-state index contributed by atoms with van der Waals surface area (Å²) in [6, 6.07) is -0.271. The third-order valence-electron chi connectivity index (χ3n) is 2.08. The molecule has 0 saturated heterocycles. The standard InChI is InChI=1S/C9H11ClN2O6S2/c1-3-18-9(13)5(2)11-20(16,17)7-4-6(12(14)15)8(10)19-7/h4-5,11H,3H2,1-2H3. The summed E-state index contributed by atoms with van der Waals surface area (Å²) in [6.45, 7) is 3.00. The van der Waals surface area contributed by atoms with Gasteiger partial charge in [-0.25, -0.2) is 8.42 Å². The molecular weight excluding hydrogens is 332 g/mol. The van der Waals surface area contributed by atoms with Crippen LogP contribution in [-0.4, -0.2) is 32.0 Å². The molecule has 112 valence electrons. The maximum atomic E-state index is 11.9. The van der Waals surface area contributed by atoms with Gasteiger partial charge in [-0.15, -0.1) is 11.3 Å². The van der Waals surface area contributed by atoms with Crippen LogP contribution in [0.15, 0.2) is 10.3 Å².